The summed E-state index contributed by atoms with van der Waals surface area (Å²) < 4.78 is 6.20. The van der Waals surface area contributed by atoms with E-state index in [9.17, 15) is 0 Å². The SMILES string of the molecule is c1ccc(C2N=C(c3ccc4ccc(-c5cccc6oc7ccccc7c56)cc4c3)N=C(c3ccc(-c4ccc5ccccc5c4)cc3)N2)cc1. The van der Waals surface area contributed by atoms with Crippen molar-refractivity contribution in [3.63, 3.8) is 0 Å². The molecule has 4 heteroatoms. The molecule has 4 nitrogen and oxygen atoms in total. The van der Waals surface area contributed by atoms with Crippen LogP contribution in [0.3, 0.4) is 0 Å². The third-order valence-electron chi connectivity index (χ3n) is 9.91. The van der Waals surface area contributed by atoms with Crippen LogP contribution < -0.4 is 5.32 Å². The van der Waals surface area contributed by atoms with Gasteiger partial charge in [0.25, 0.3) is 0 Å². The maximum Gasteiger partial charge on any atom is 0.159 e. The van der Waals surface area contributed by atoms with Gasteiger partial charge in [0.05, 0.1) is 0 Å². The van der Waals surface area contributed by atoms with E-state index in [1.54, 1.807) is 0 Å². The maximum atomic E-state index is 6.20. The van der Waals surface area contributed by atoms with Gasteiger partial charge in [0, 0.05) is 21.9 Å². The van der Waals surface area contributed by atoms with Gasteiger partial charge in [-0.05, 0) is 79.7 Å². The number of rotatable bonds is 5. The summed E-state index contributed by atoms with van der Waals surface area (Å²) >= 11 is 0. The lowest BCUT2D eigenvalue weighted by molar-refractivity contribution is 0.669. The van der Waals surface area contributed by atoms with Crippen LogP contribution in [0.2, 0.25) is 0 Å². The standard InChI is InChI=1S/C47H31N3O/c1-2-10-33(11-3-1)45-48-46(34-22-17-31(18-23-34)36-24-19-30-9-4-5-12-35(30)27-36)50-47(49-45)38-26-21-32-20-25-37(28-39(32)29-38)40-14-8-16-43-44(40)41-13-6-7-15-42(41)51-43/h1-29,45H,(H,48,49,50). The Morgan fingerprint density at radius 1 is 0.451 bits per heavy atom. The first-order valence-corrected chi connectivity index (χ1v) is 17.3. The Balaban J connectivity index is 1.04. The van der Waals surface area contributed by atoms with Crippen molar-refractivity contribution < 1.29 is 4.42 Å². The Morgan fingerprint density at radius 3 is 1.94 bits per heavy atom. The second kappa shape index (κ2) is 12.0. The average Bonchev–Trinajstić information content (AvgIpc) is 3.59. The van der Waals surface area contributed by atoms with Gasteiger partial charge in [-0.3, -0.25) is 0 Å². The molecule has 2 heterocycles. The number of hydrogen-bond acceptors (Lipinski definition) is 4. The highest BCUT2D eigenvalue weighted by Gasteiger charge is 2.21. The van der Waals surface area contributed by atoms with Crippen molar-refractivity contribution in [2.24, 2.45) is 9.98 Å². The zero-order valence-electron chi connectivity index (χ0n) is 27.6. The first-order chi connectivity index (χ1) is 25.2. The van der Waals surface area contributed by atoms with Crippen molar-refractivity contribution >= 4 is 55.2 Å². The van der Waals surface area contributed by atoms with Crippen LogP contribution in [0.4, 0.5) is 0 Å². The lowest BCUT2D eigenvalue weighted by atomic mass is 9.96. The minimum absolute atomic E-state index is 0.275. The lowest BCUT2D eigenvalue weighted by Gasteiger charge is -2.24. The van der Waals surface area contributed by atoms with Gasteiger partial charge in [0.2, 0.25) is 0 Å². The highest BCUT2D eigenvalue weighted by atomic mass is 16.3. The van der Waals surface area contributed by atoms with E-state index < -0.39 is 0 Å². The van der Waals surface area contributed by atoms with Crippen LogP contribution in [-0.4, -0.2) is 11.7 Å². The minimum Gasteiger partial charge on any atom is -0.456 e. The van der Waals surface area contributed by atoms with E-state index in [0.29, 0.717) is 5.84 Å². The Morgan fingerprint density at radius 2 is 1.08 bits per heavy atom. The molecule has 0 saturated heterocycles. The summed E-state index contributed by atoms with van der Waals surface area (Å²) in [5.74, 6) is 1.50. The van der Waals surface area contributed by atoms with Crippen molar-refractivity contribution in [3.05, 3.63) is 193 Å². The Kier molecular flexibility index (Phi) is 6.85. The Labute approximate surface area is 295 Å². The molecule has 10 rings (SSSR count). The molecule has 0 saturated carbocycles. The van der Waals surface area contributed by atoms with Gasteiger partial charge in [-0.1, -0.05) is 146 Å². The van der Waals surface area contributed by atoms with Gasteiger partial charge in [-0.25, -0.2) is 9.98 Å². The van der Waals surface area contributed by atoms with Crippen LogP contribution in [0.1, 0.15) is 22.9 Å². The highest BCUT2D eigenvalue weighted by molar-refractivity contribution is 6.15. The summed E-state index contributed by atoms with van der Waals surface area (Å²) in [6.45, 7) is 0. The number of fused-ring (bicyclic) bond motifs is 5. The van der Waals surface area contributed by atoms with Gasteiger partial charge in [-0.2, -0.15) is 0 Å². The molecular weight excluding hydrogens is 623 g/mol. The van der Waals surface area contributed by atoms with Crippen molar-refractivity contribution in [1.82, 2.24) is 5.32 Å². The molecule has 1 aliphatic heterocycles. The zero-order chi connectivity index (χ0) is 33.7. The number of aliphatic imine (C=N–C) groups is 2. The molecule has 0 bridgehead atoms. The van der Waals surface area contributed by atoms with E-state index in [4.69, 9.17) is 14.4 Å². The summed E-state index contributed by atoms with van der Waals surface area (Å²) in [5, 5.41) is 10.6. The molecule has 1 N–H and O–H groups in total. The van der Waals surface area contributed by atoms with Crippen molar-refractivity contribution in [1.29, 1.82) is 0 Å². The molecule has 1 unspecified atom stereocenters. The molecule has 51 heavy (non-hydrogen) atoms. The summed E-state index contributed by atoms with van der Waals surface area (Å²) in [4.78, 5) is 10.3. The van der Waals surface area contributed by atoms with E-state index in [2.05, 4.69) is 157 Å². The van der Waals surface area contributed by atoms with Crippen LogP contribution >= 0.6 is 0 Å². The number of benzene rings is 8. The molecule has 0 fully saturated rings. The van der Waals surface area contributed by atoms with Crippen molar-refractivity contribution in [3.8, 4) is 22.3 Å². The van der Waals surface area contributed by atoms with Crippen LogP contribution in [-0.2, 0) is 0 Å². The maximum absolute atomic E-state index is 6.20. The fraction of sp³-hybridized carbons (Fsp3) is 0.0213. The third kappa shape index (κ3) is 5.25. The highest BCUT2D eigenvalue weighted by Crippen LogP contribution is 2.37. The summed E-state index contributed by atoms with van der Waals surface area (Å²) in [6, 6.07) is 61.8. The second-order valence-corrected chi connectivity index (χ2v) is 13.1. The van der Waals surface area contributed by atoms with E-state index in [0.717, 1.165) is 66.4 Å². The predicted molar refractivity (Wildman–Crippen MR) is 211 cm³/mol. The number of nitrogens with one attached hydrogen (secondary N) is 1. The van der Waals surface area contributed by atoms with E-state index in [-0.39, 0.29) is 6.17 Å². The normalized spacial score (nSPS) is 14.5. The second-order valence-electron chi connectivity index (χ2n) is 13.1. The molecule has 0 radical (unpaired) electrons. The fourth-order valence-corrected chi connectivity index (χ4v) is 7.29. The molecule has 240 valence electrons. The monoisotopic (exact) mass is 653 g/mol. The summed E-state index contributed by atoms with van der Waals surface area (Å²) in [6.07, 6.45) is -0.275. The van der Waals surface area contributed by atoms with Crippen LogP contribution in [0.15, 0.2) is 190 Å². The van der Waals surface area contributed by atoms with Crippen molar-refractivity contribution in [2.45, 2.75) is 6.17 Å². The molecule has 1 atom stereocenters. The molecule has 0 amide bonds. The van der Waals surface area contributed by atoms with Crippen LogP contribution in [0, 0.1) is 0 Å². The van der Waals surface area contributed by atoms with Gasteiger partial charge in [-0.15, -0.1) is 0 Å². The van der Waals surface area contributed by atoms with Gasteiger partial charge in [0.15, 0.2) is 5.84 Å². The summed E-state index contributed by atoms with van der Waals surface area (Å²) in [7, 11) is 0. The van der Waals surface area contributed by atoms with Crippen LogP contribution in [0.5, 0.6) is 0 Å². The Bertz CT molecular complexity index is 2830. The molecule has 9 aromatic rings. The van der Waals surface area contributed by atoms with E-state index in [1.165, 1.54) is 21.9 Å². The topological polar surface area (TPSA) is 49.9 Å². The van der Waals surface area contributed by atoms with Gasteiger partial charge >= 0.3 is 0 Å². The molecule has 1 aromatic heterocycles. The fourth-order valence-electron chi connectivity index (χ4n) is 7.29. The number of para-hydroxylation sites is 1. The quantitative estimate of drug-likeness (QED) is 0.201. The van der Waals surface area contributed by atoms with Gasteiger partial charge < -0.3 is 9.73 Å². The zero-order valence-corrected chi connectivity index (χ0v) is 27.6. The number of furan rings is 1. The first kappa shape index (κ1) is 29.2. The molecule has 1 aliphatic rings. The predicted octanol–water partition coefficient (Wildman–Crippen LogP) is 11.7. The lowest BCUT2D eigenvalue weighted by Crippen LogP contribution is -2.33. The number of amidine groups is 2. The smallest absolute Gasteiger partial charge is 0.159 e. The van der Waals surface area contributed by atoms with Crippen LogP contribution in [0.25, 0.3) is 65.7 Å². The first-order valence-electron chi connectivity index (χ1n) is 17.3. The molecule has 0 aliphatic carbocycles. The molecule has 8 aromatic carbocycles. The van der Waals surface area contributed by atoms with E-state index >= 15 is 0 Å². The average molecular weight is 654 g/mol. The third-order valence-corrected chi connectivity index (χ3v) is 9.91. The molecule has 0 spiro atoms. The number of nitrogens with zero attached hydrogens (tertiary/aromatic N) is 2. The largest absolute Gasteiger partial charge is 0.456 e. The van der Waals surface area contributed by atoms with Gasteiger partial charge in [0.1, 0.15) is 23.2 Å². The minimum atomic E-state index is -0.275. The summed E-state index contributed by atoms with van der Waals surface area (Å²) in [5.41, 5.74) is 9.51. The van der Waals surface area contributed by atoms with Crippen molar-refractivity contribution in [2.75, 3.05) is 0 Å². The van der Waals surface area contributed by atoms with E-state index in [1.807, 2.05) is 24.3 Å². The number of hydrogen-bond donors (Lipinski definition) is 1. The molecular formula is C47H31N3O. The Hall–Kier alpha value is -6.78.